The van der Waals surface area contributed by atoms with Crippen LogP contribution < -0.4 is 5.32 Å². The summed E-state index contributed by atoms with van der Waals surface area (Å²) in [5.41, 5.74) is 1.03. The Morgan fingerprint density at radius 2 is 2.07 bits per heavy atom. The number of ether oxygens (including phenoxy) is 1. The number of rotatable bonds is 5. The van der Waals surface area contributed by atoms with Crippen molar-refractivity contribution in [1.82, 2.24) is 5.32 Å². The lowest BCUT2D eigenvalue weighted by atomic mass is 10.2. The van der Waals surface area contributed by atoms with Gasteiger partial charge in [0.15, 0.2) is 0 Å². The lowest BCUT2D eigenvalue weighted by Gasteiger charge is -2.12. The molecule has 0 fully saturated rings. The van der Waals surface area contributed by atoms with Gasteiger partial charge in [-0.1, -0.05) is 29.3 Å². The zero-order chi connectivity index (χ0) is 11.3. The largest absolute Gasteiger partial charge is 0.373 e. The topological polar surface area (TPSA) is 21.3 Å². The molecule has 0 saturated carbocycles. The predicted molar refractivity (Wildman–Crippen MR) is 64.6 cm³/mol. The number of halogens is 2. The Morgan fingerprint density at radius 1 is 1.33 bits per heavy atom. The highest BCUT2D eigenvalue weighted by Crippen LogP contribution is 2.22. The van der Waals surface area contributed by atoms with E-state index < -0.39 is 0 Å². The van der Waals surface area contributed by atoms with Crippen LogP contribution in [0, 0.1) is 0 Å². The highest BCUT2D eigenvalue weighted by Gasteiger charge is 2.03. The highest BCUT2D eigenvalue weighted by atomic mass is 35.5. The van der Waals surface area contributed by atoms with Crippen LogP contribution in [-0.4, -0.2) is 19.7 Å². The zero-order valence-corrected chi connectivity index (χ0v) is 10.4. The molecule has 0 heterocycles. The average Bonchev–Trinajstić information content (AvgIpc) is 2.20. The maximum atomic E-state index is 5.89. The van der Waals surface area contributed by atoms with Gasteiger partial charge in [-0.3, -0.25) is 0 Å². The van der Waals surface area contributed by atoms with Crippen molar-refractivity contribution in [1.29, 1.82) is 0 Å². The fraction of sp³-hybridized carbons (Fsp3) is 0.455. The third kappa shape index (κ3) is 4.39. The lowest BCUT2D eigenvalue weighted by Crippen LogP contribution is -2.23. The molecule has 0 amide bonds. The van der Waals surface area contributed by atoms with E-state index in [9.17, 15) is 0 Å². The van der Waals surface area contributed by atoms with Gasteiger partial charge < -0.3 is 10.1 Å². The van der Waals surface area contributed by atoms with E-state index in [0.717, 1.165) is 12.1 Å². The summed E-state index contributed by atoms with van der Waals surface area (Å²) in [5.74, 6) is 0. The van der Waals surface area contributed by atoms with Gasteiger partial charge in [-0.05, 0) is 31.7 Å². The molecule has 2 nitrogen and oxygen atoms in total. The number of benzene rings is 1. The zero-order valence-electron chi connectivity index (χ0n) is 8.89. The molecule has 0 aliphatic carbocycles. The first-order valence-corrected chi connectivity index (χ1v) is 5.59. The maximum absolute atomic E-state index is 5.89. The van der Waals surface area contributed by atoms with E-state index in [1.54, 1.807) is 6.07 Å². The standard InChI is InChI=1S/C11H15Cl2NO/c1-8(6-14-2)15-7-9-3-4-10(12)11(13)5-9/h3-5,8,14H,6-7H2,1-2H3. The summed E-state index contributed by atoms with van der Waals surface area (Å²) in [6.07, 6.45) is 0.185. The summed E-state index contributed by atoms with van der Waals surface area (Å²) in [5, 5.41) is 4.19. The maximum Gasteiger partial charge on any atom is 0.0721 e. The molecule has 0 saturated heterocycles. The van der Waals surface area contributed by atoms with Gasteiger partial charge in [0.1, 0.15) is 0 Å². The first kappa shape index (κ1) is 12.8. The van der Waals surface area contributed by atoms with Gasteiger partial charge in [0, 0.05) is 6.54 Å². The number of nitrogens with one attached hydrogen (secondary N) is 1. The quantitative estimate of drug-likeness (QED) is 0.864. The van der Waals surface area contributed by atoms with E-state index in [4.69, 9.17) is 27.9 Å². The van der Waals surface area contributed by atoms with E-state index in [1.807, 2.05) is 26.1 Å². The number of hydrogen-bond donors (Lipinski definition) is 1. The highest BCUT2D eigenvalue weighted by molar-refractivity contribution is 6.41. The van der Waals surface area contributed by atoms with Crippen LogP contribution in [0.3, 0.4) is 0 Å². The van der Waals surface area contributed by atoms with E-state index >= 15 is 0 Å². The molecule has 0 bridgehead atoms. The van der Waals surface area contributed by atoms with Crippen LogP contribution in [0.2, 0.25) is 10.0 Å². The third-order valence-electron chi connectivity index (χ3n) is 2.01. The minimum atomic E-state index is 0.185. The first-order chi connectivity index (χ1) is 7.13. The van der Waals surface area contributed by atoms with Gasteiger partial charge in [0.2, 0.25) is 0 Å². The van der Waals surface area contributed by atoms with Gasteiger partial charge in [-0.15, -0.1) is 0 Å². The third-order valence-corrected chi connectivity index (χ3v) is 2.75. The smallest absolute Gasteiger partial charge is 0.0721 e. The minimum absolute atomic E-state index is 0.185. The Morgan fingerprint density at radius 3 is 2.67 bits per heavy atom. The van der Waals surface area contributed by atoms with Crippen molar-refractivity contribution in [3.05, 3.63) is 33.8 Å². The molecule has 0 aliphatic rings. The van der Waals surface area contributed by atoms with Gasteiger partial charge >= 0.3 is 0 Å². The summed E-state index contributed by atoms with van der Waals surface area (Å²) >= 11 is 11.7. The molecule has 0 aliphatic heterocycles. The fourth-order valence-corrected chi connectivity index (χ4v) is 1.53. The molecular weight excluding hydrogens is 233 g/mol. The summed E-state index contributed by atoms with van der Waals surface area (Å²) < 4.78 is 5.60. The van der Waals surface area contributed by atoms with Gasteiger partial charge in [-0.25, -0.2) is 0 Å². The second kappa shape index (κ2) is 6.33. The molecular formula is C11H15Cl2NO. The Labute approximate surface area is 101 Å². The summed E-state index contributed by atoms with van der Waals surface area (Å²) in [4.78, 5) is 0. The normalized spacial score (nSPS) is 12.8. The molecule has 1 N–H and O–H groups in total. The van der Waals surface area contributed by atoms with Crippen LogP contribution in [0.5, 0.6) is 0 Å². The molecule has 1 atom stereocenters. The van der Waals surface area contributed by atoms with Crippen LogP contribution in [0.25, 0.3) is 0 Å². The molecule has 0 aromatic heterocycles. The molecule has 1 rings (SSSR count). The van der Waals surface area contributed by atoms with E-state index in [2.05, 4.69) is 5.32 Å². The van der Waals surface area contributed by atoms with Crippen molar-refractivity contribution in [2.75, 3.05) is 13.6 Å². The molecule has 84 valence electrons. The van der Waals surface area contributed by atoms with Crippen LogP contribution in [0.1, 0.15) is 12.5 Å². The lowest BCUT2D eigenvalue weighted by molar-refractivity contribution is 0.0545. The van der Waals surface area contributed by atoms with Gasteiger partial charge in [-0.2, -0.15) is 0 Å². The monoisotopic (exact) mass is 247 g/mol. The first-order valence-electron chi connectivity index (χ1n) is 4.83. The Balaban J connectivity index is 2.47. The van der Waals surface area contributed by atoms with Gasteiger partial charge in [0.05, 0.1) is 22.8 Å². The van der Waals surface area contributed by atoms with E-state index in [0.29, 0.717) is 16.7 Å². The van der Waals surface area contributed by atoms with E-state index in [-0.39, 0.29) is 6.10 Å². The average molecular weight is 248 g/mol. The predicted octanol–water partition coefficient (Wildman–Crippen LogP) is 3.12. The van der Waals surface area contributed by atoms with Gasteiger partial charge in [0.25, 0.3) is 0 Å². The SMILES string of the molecule is CNCC(C)OCc1ccc(Cl)c(Cl)c1. The molecule has 0 radical (unpaired) electrons. The van der Waals surface area contributed by atoms with Crippen molar-refractivity contribution >= 4 is 23.2 Å². The molecule has 1 unspecified atom stereocenters. The van der Waals surface area contributed by atoms with Crippen molar-refractivity contribution in [3.63, 3.8) is 0 Å². The second-order valence-electron chi connectivity index (χ2n) is 3.43. The number of likely N-dealkylation sites (N-methyl/N-ethyl adjacent to an activating group) is 1. The molecule has 4 heteroatoms. The Kier molecular flexibility index (Phi) is 5.40. The van der Waals surface area contributed by atoms with Crippen molar-refractivity contribution in [2.24, 2.45) is 0 Å². The summed E-state index contributed by atoms with van der Waals surface area (Å²) in [6.45, 7) is 3.41. The van der Waals surface area contributed by atoms with Crippen LogP contribution in [0.15, 0.2) is 18.2 Å². The number of hydrogen-bond acceptors (Lipinski definition) is 2. The summed E-state index contributed by atoms with van der Waals surface area (Å²) in [7, 11) is 1.90. The molecule has 1 aromatic carbocycles. The fourth-order valence-electron chi connectivity index (χ4n) is 1.21. The summed E-state index contributed by atoms with van der Waals surface area (Å²) in [6, 6.07) is 5.53. The molecule has 15 heavy (non-hydrogen) atoms. The van der Waals surface area contributed by atoms with Crippen molar-refractivity contribution < 1.29 is 4.74 Å². The molecule has 0 spiro atoms. The Hall–Kier alpha value is -0.280. The second-order valence-corrected chi connectivity index (χ2v) is 4.24. The van der Waals surface area contributed by atoms with Crippen molar-refractivity contribution in [3.8, 4) is 0 Å². The van der Waals surface area contributed by atoms with Crippen LogP contribution >= 0.6 is 23.2 Å². The Bertz CT molecular complexity index is 317. The van der Waals surface area contributed by atoms with E-state index in [1.165, 1.54) is 0 Å². The van der Waals surface area contributed by atoms with Crippen molar-refractivity contribution in [2.45, 2.75) is 19.6 Å². The van der Waals surface area contributed by atoms with Crippen LogP contribution in [0.4, 0.5) is 0 Å². The van der Waals surface area contributed by atoms with Crippen LogP contribution in [-0.2, 0) is 11.3 Å². The molecule has 1 aromatic rings. The minimum Gasteiger partial charge on any atom is -0.373 e.